The Bertz CT molecular complexity index is 811. The van der Waals surface area contributed by atoms with Gasteiger partial charge in [0.2, 0.25) is 0 Å². The van der Waals surface area contributed by atoms with Crippen LogP contribution in [0.15, 0.2) is 59.1 Å². The summed E-state index contributed by atoms with van der Waals surface area (Å²) in [6, 6.07) is 18.4. The van der Waals surface area contributed by atoms with Gasteiger partial charge in [-0.25, -0.2) is 0 Å². The van der Waals surface area contributed by atoms with E-state index in [9.17, 15) is 0 Å². The summed E-state index contributed by atoms with van der Waals surface area (Å²) in [5.74, 6) is 0. The Labute approximate surface area is 142 Å². The molecule has 1 atom stereocenters. The molecule has 0 aromatic heterocycles. The van der Waals surface area contributed by atoms with E-state index in [1.807, 2.05) is 24.3 Å². The van der Waals surface area contributed by atoms with Crippen molar-refractivity contribution in [1.82, 2.24) is 0 Å². The Morgan fingerprint density at radius 3 is 2.38 bits per heavy atom. The highest BCUT2D eigenvalue weighted by molar-refractivity contribution is 9.10. The van der Waals surface area contributed by atoms with Crippen LogP contribution in [0.2, 0.25) is 5.02 Å². The number of hydrogen-bond acceptors (Lipinski definition) is 0. The lowest BCUT2D eigenvalue weighted by molar-refractivity contribution is 1.15. The number of alkyl halides is 1. The highest BCUT2D eigenvalue weighted by Gasteiger charge is 2.15. The first kappa shape index (κ1) is 14.9. The number of aryl methyl sites for hydroxylation is 1. The van der Waals surface area contributed by atoms with Crippen LogP contribution < -0.4 is 0 Å². The minimum Gasteiger partial charge on any atom is -0.113 e. The molecule has 0 aliphatic carbocycles. The van der Waals surface area contributed by atoms with Crippen molar-refractivity contribution in [3.63, 3.8) is 0 Å². The van der Waals surface area contributed by atoms with Crippen molar-refractivity contribution in [3.05, 3.63) is 80.8 Å². The third-order valence-corrected chi connectivity index (χ3v) is 5.39. The largest absolute Gasteiger partial charge is 0.113 e. The Hall–Kier alpha value is -1.02. The van der Waals surface area contributed by atoms with Gasteiger partial charge in [0.05, 0.1) is 10.4 Å². The molecule has 0 bridgehead atoms. The third kappa shape index (κ3) is 2.83. The van der Waals surface area contributed by atoms with E-state index in [0.717, 1.165) is 15.6 Å². The Morgan fingerprint density at radius 1 is 0.952 bits per heavy atom. The van der Waals surface area contributed by atoms with E-state index in [-0.39, 0.29) is 5.38 Å². The summed E-state index contributed by atoms with van der Waals surface area (Å²) >= 11 is 16.2. The highest BCUT2D eigenvalue weighted by Crippen LogP contribution is 2.37. The van der Waals surface area contributed by atoms with Crippen LogP contribution in [0.25, 0.3) is 10.8 Å². The summed E-state index contributed by atoms with van der Waals surface area (Å²) in [6.45, 7) is 2.12. The average molecular weight is 380 g/mol. The predicted octanol–water partition coefficient (Wildman–Crippen LogP) is 6.89. The van der Waals surface area contributed by atoms with Gasteiger partial charge in [-0.3, -0.25) is 0 Å². The van der Waals surface area contributed by atoms with Crippen LogP contribution in [0, 0.1) is 6.92 Å². The van der Waals surface area contributed by atoms with E-state index in [4.69, 9.17) is 23.2 Å². The molecular formula is C18H13BrCl2. The number of rotatable bonds is 2. The Kier molecular flexibility index (Phi) is 4.26. The van der Waals surface area contributed by atoms with Crippen molar-refractivity contribution in [2.75, 3.05) is 0 Å². The minimum absolute atomic E-state index is 0.205. The number of fused-ring (bicyclic) bond motifs is 1. The molecule has 106 valence electrons. The van der Waals surface area contributed by atoms with Crippen molar-refractivity contribution >= 4 is 49.9 Å². The maximum atomic E-state index is 6.72. The fourth-order valence-electron chi connectivity index (χ4n) is 2.54. The molecule has 0 aliphatic heterocycles. The summed E-state index contributed by atoms with van der Waals surface area (Å²) in [4.78, 5) is 0. The van der Waals surface area contributed by atoms with Gasteiger partial charge in [-0.2, -0.15) is 0 Å². The first-order valence-electron chi connectivity index (χ1n) is 6.65. The van der Waals surface area contributed by atoms with E-state index in [0.29, 0.717) is 5.02 Å². The number of hydrogen-bond donors (Lipinski definition) is 0. The van der Waals surface area contributed by atoms with Crippen LogP contribution in [-0.4, -0.2) is 0 Å². The predicted molar refractivity (Wildman–Crippen MR) is 95.5 cm³/mol. The molecule has 0 nitrogen and oxygen atoms in total. The second-order valence-electron chi connectivity index (χ2n) is 5.05. The van der Waals surface area contributed by atoms with Crippen molar-refractivity contribution in [3.8, 4) is 0 Å². The average Bonchev–Trinajstić information content (AvgIpc) is 2.50. The van der Waals surface area contributed by atoms with Crippen LogP contribution in [0.3, 0.4) is 0 Å². The van der Waals surface area contributed by atoms with E-state index < -0.39 is 0 Å². The molecule has 0 saturated carbocycles. The van der Waals surface area contributed by atoms with Crippen LogP contribution in [-0.2, 0) is 0 Å². The Morgan fingerprint density at radius 2 is 1.67 bits per heavy atom. The van der Waals surface area contributed by atoms with Gasteiger partial charge in [-0.15, -0.1) is 11.6 Å². The van der Waals surface area contributed by atoms with Gasteiger partial charge < -0.3 is 0 Å². The quantitative estimate of drug-likeness (QED) is 0.425. The van der Waals surface area contributed by atoms with Gasteiger partial charge in [0.25, 0.3) is 0 Å². The van der Waals surface area contributed by atoms with Gasteiger partial charge in [-0.1, -0.05) is 54.1 Å². The standard InChI is InChI=1S/C18H13BrCl2/c1-11-6-8-15(14-5-3-2-4-13(11)14)18(21)12-7-9-17(20)16(19)10-12/h2-10,18H,1H3. The smallest absolute Gasteiger partial charge is 0.0841 e. The summed E-state index contributed by atoms with van der Waals surface area (Å²) in [5, 5.41) is 2.93. The van der Waals surface area contributed by atoms with Crippen LogP contribution >= 0.6 is 39.1 Å². The maximum absolute atomic E-state index is 6.72. The van der Waals surface area contributed by atoms with E-state index in [1.54, 1.807) is 0 Å². The lowest BCUT2D eigenvalue weighted by Crippen LogP contribution is -1.96. The second-order valence-corrected chi connectivity index (χ2v) is 6.75. The summed E-state index contributed by atoms with van der Waals surface area (Å²) in [5.41, 5.74) is 3.41. The SMILES string of the molecule is Cc1ccc(C(Cl)c2ccc(Cl)c(Br)c2)c2ccccc12. The van der Waals surface area contributed by atoms with E-state index in [1.165, 1.54) is 16.3 Å². The number of benzene rings is 3. The van der Waals surface area contributed by atoms with E-state index in [2.05, 4.69) is 53.2 Å². The van der Waals surface area contributed by atoms with Crippen molar-refractivity contribution in [2.45, 2.75) is 12.3 Å². The molecule has 1 unspecified atom stereocenters. The number of halogens is 3. The lowest BCUT2D eigenvalue weighted by Gasteiger charge is -2.15. The van der Waals surface area contributed by atoms with Gasteiger partial charge in [0.1, 0.15) is 0 Å². The molecule has 0 saturated heterocycles. The minimum atomic E-state index is -0.205. The molecule has 0 spiro atoms. The van der Waals surface area contributed by atoms with E-state index >= 15 is 0 Å². The topological polar surface area (TPSA) is 0 Å². The second kappa shape index (κ2) is 6.00. The molecule has 3 aromatic rings. The molecule has 0 radical (unpaired) electrons. The zero-order chi connectivity index (χ0) is 15.0. The molecule has 0 aliphatic rings. The zero-order valence-electron chi connectivity index (χ0n) is 11.4. The molecule has 0 N–H and O–H groups in total. The van der Waals surface area contributed by atoms with Crippen LogP contribution in [0.1, 0.15) is 22.1 Å². The maximum Gasteiger partial charge on any atom is 0.0841 e. The van der Waals surface area contributed by atoms with Crippen molar-refractivity contribution in [1.29, 1.82) is 0 Å². The van der Waals surface area contributed by atoms with Crippen molar-refractivity contribution in [2.24, 2.45) is 0 Å². The van der Waals surface area contributed by atoms with Gasteiger partial charge in [0, 0.05) is 4.47 Å². The first-order valence-corrected chi connectivity index (χ1v) is 8.26. The van der Waals surface area contributed by atoms with Crippen LogP contribution in [0.5, 0.6) is 0 Å². The molecule has 3 heteroatoms. The van der Waals surface area contributed by atoms with Gasteiger partial charge >= 0.3 is 0 Å². The summed E-state index contributed by atoms with van der Waals surface area (Å²) in [7, 11) is 0. The molecule has 21 heavy (non-hydrogen) atoms. The fraction of sp³-hybridized carbons (Fsp3) is 0.111. The van der Waals surface area contributed by atoms with Gasteiger partial charge in [0.15, 0.2) is 0 Å². The molecule has 0 amide bonds. The molecule has 3 rings (SSSR count). The van der Waals surface area contributed by atoms with Gasteiger partial charge in [-0.05, 0) is 62.4 Å². The van der Waals surface area contributed by atoms with Crippen LogP contribution in [0.4, 0.5) is 0 Å². The van der Waals surface area contributed by atoms with Crippen molar-refractivity contribution < 1.29 is 0 Å². The highest BCUT2D eigenvalue weighted by atomic mass is 79.9. The third-order valence-electron chi connectivity index (χ3n) is 3.69. The molecule has 0 heterocycles. The fourth-order valence-corrected chi connectivity index (χ4v) is 3.38. The summed E-state index contributed by atoms with van der Waals surface area (Å²) in [6.07, 6.45) is 0. The normalized spacial score (nSPS) is 12.6. The first-order chi connectivity index (χ1) is 10.1. The monoisotopic (exact) mass is 378 g/mol. The molecule has 0 fully saturated rings. The Balaban J connectivity index is 2.15. The molecule has 3 aromatic carbocycles. The zero-order valence-corrected chi connectivity index (χ0v) is 14.5. The molecular weight excluding hydrogens is 367 g/mol. The summed E-state index contributed by atoms with van der Waals surface area (Å²) < 4.78 is 0.865. The lowest BCUT2D eigenvalue weighted by atomic mass is 9.95.